The average Bonchev–Trinajstić information content (AvgIpc) is 3.40. The van der Waals surface area contributed by atoms with Crippen molar-refractivity contribution >= 4 is 23.5 Å². The van der Waals surface area contributed by atoms with Gasteiger partial charge in [0.05, 0.1) is 18.1 Å². The third-order valence-electron chi connectivity index (χ3n) is 5.37. The third kappa shape index (κ3) is 4.56. The van der Waals surface area contributed by atoms with Gasteiger partial charge >= 0.3 is 0 Å². The number of piperidine rings is 1. The van der Waals surface area contributed by atoms with Crippen molar-refractivity contribution in [3.63, 3.8) is 0 Å². The quantitative estimate of drug-likeness (QED) is 0.421. The first kappa shape index (κ1) is 19.8. The number of aromatic nitrogens is 3. The molecular formula is C22H26N4O2S. The number of hydrogen-bond acceptors (Lipinski definition) is 6. The number of carbonyl (C=O) groups excluding carboxylic acids is 1. The fraction of sp³-hybridized carbons (Fsp3) is 0.409. The van der Waals surface area contributed by atoms with Crippen LogP contribution in [0.2, 0.25) is 0 Å². The zero-order chi connectivity index (χ0) is 20.2. The molecular weight excluding hydrogens is 384 g/mol. The molecule has 6 nitrogen and oxygen atoms in total. The van der Waals surface area contributed by atoms with Crippen LogP contribution in [0.4, 0.5) is 5.95 Å². The Hall–Kier alpha value is -2.54. The fourth-order valence-corrected chi connectivity index (χ4v) is 4.48. The highest BCUT2D eigenvalue weighted by atomic mass is 32.2. The fourth-order valence-electron chi connectivity index (χ4n) is 3.56. The SMILES string of the molecule is CC1CCN(c2nnc(SC(C)C(=O)c3ccccc3)n2Cc2ccco2)CC1. The molecule has 7 heteroatoms. The van der Waals surface area contributed by atoms with Crippen LogP contribution >= 0.6 is 11.8 Å². The van der Waals surface area contributed by atoms with Crippen LogP contribution < -0.4 is 4.90 Å². The van der Waals surface area contributed by atoms with Crippen molar-refractivity contribution < 1.29 is 9.21 Å². The summed E-state index contributed by atoms with van der Waals surface area (Å²) in [5, 5.41) is 9.43. The van der Waals surface area contributed by atoms with E-state index in [1.54, 1.807) is 6.26 Å². The minimum absolute atomic E-state index is 0.0940. The summed E-state index contributed by atoms with van der Waals surface area (Å²) in [6.45, 7) is 6.72. The average molecular weight is 411 g/mol. The molecule has 1 saturated heterocycles. The van der Waals surface area contributed by atoms with Gasteiger partial charge in [0.15, 0.2) is 10.9 Å². The summed E-state index contributed by atoms with van der Waals surface area (Å²) >= 11 is 1.45. The number of furan rings is 1. The smallest absolute Gasteiger partial charge is 0.228 e. The summed E-state index contributed by atoms with van der Waals surface area (Å²) in [4.78, 5) is 15.1. The molecule has 1 fully saturated rings. The molecule has 0 saturated carbocycles. The van der Waals surface area contributed by atoms with Crippen molar-refractivity contribution in [2.24, 2.45) is 5.92 Å². The molecule has 0 amide bonds. The van der Waals surface area contributed by atoms with Crippen LogP contribution in [-0.4, -0.2) is 38.9 Å². The van der Waals surface area contributed by atoms with Crippen molar-refractivity contribution in [2.45, 2.75) is 43.6 Å². The first-order chi connectivity index (χ1) is 14.1. The largest absolute Gasteiger partial charge is 0.467 e. The van der Waals surface area contributed by atoms with Gasteiger partial charge in [-0.05, 0) is 37.8 Å². The van der Waals surface area contributed by atoms with Gasteiger partial charge in [0.25, 0.3) is 0 Å². The molecule has 0 aliphatic carbocycles. The summed E-state index contributed by atoms with van der Waals surface area (Å²) in [6, 6.07) is 13.2. The molecule has 1 aromatic carbocycles. The summed E-state index contributed by atoms with van der Waals surface area (Å²) in [7, 11) is 0. The van der Waals surface area contributed by atoms with E-state index in [-0.39, 0.29) is 11.0 Å². The first-order valence-corrected chi connectivity index (χ1v) is 11.0. The van der Waals surface area contributed by atoms with Gasteiger partial charge in [-0.2, -0.15) is 0 Å². The lowest BCUT2D eigenvalue weighted by Crippen LogP contribution is -2.35. The Balaban J connectivity index is 1.58. The molecule has 4 rings (SSSR count). The molecule has 3 heterocycles. The van der Waals surface area contributed by atoms with Gasteiger partial charge in [-0.25, -0.2) is 0 Å². The predicted molar refractivity (Wildman–Crippen MR) is 115 cm³/mol. The monoisotopic (exact) mass is 410 g/mol. The van der Waals surface area contributed by atoms with Gasteiger partial charge in [-0.15, -0.1) is 10.2 Å². The highest BCUT2D eigenvalue weighted by molar-refractivity contribution is 8.00. The zero-order valence-corrected chi connectivity index (χ0v) is 17.6. The summed E-state index contributed by atoms with van der Waals surface area (Å²) in [6.07, 6.45) is 3.98. The Morgan fingerprint density at radius 3 is 2.62 bits per heavy atom. The highest BCUT2D eigenvalue weighted by Crippen LogP contribution is 2.30. The first-order valence-electron chi connectivity index (χ1n) is 10.1. The standard InChI is InChI=1S/C22H26N4O2S/c1-16-10-12-25(13-11-16)21-23-24-22(26(21)15-19-9-6-14-28-19)29-17(2)20(27)18-7-4-3-5-8-18/h3-9,14,16-17H,10-13,15H2,1-2H3. The van der Waals surface area contributed by atoms with Crippen LogP contribution in [0.3, 0.4) is 0 Å². The van der Waals surface area contributed by atoms with Crippen LogP contribution in [0, 0.1) is 5.92 Å². The molecule has 0 spiro atoms. The number of benzene rings is 1. The number of carbonyl (C=O) groups is 1. The van der Waals surface area contributed by atoms with Gasteiger partial charge in [0, 0.05) is 18.7 Å². The topological polar surface area (TPSA) is 64.2 Å². The van der Waals surface area contributed by atoms with Gasteiger partial charge in [0.2, 0.25) is 5.95 Å². The Labute approximate surface area is 175 Å². The molecule has 1 aliphatic rings. The van der Waals surface area contributed by atoms with Crippen molar-refractivity contribution in [3.8, 4) is 0 Å². The van der Waals surface area contributed by atoms with E-state index in [0.29, 0.717) is 6.54 Å². The molecule has 3 aromatic rings. The van der Waals surface area contributed by atoms with Gasteiger partial charge in [-0.3, -0.25) is 9.36 Å². The van der Waals surface area contributed by atoms with E-state index in [9.17, 15) is 4.79 Å². The molecule has 1 atom stereocenters. The van der Waals surface area contributed by atoms with Crippen molar-refractivity contribution in [1.82, 2.24) is 14.8 Å². The van der Waals surface area contributed by atoms with E-state index < -0.39 is 0 Å². The van der Waals surface area contributed by atoms with Gasteiger partial charge in [0.1, 0.15) is 5.76 Å². The number of anilines is 1. The van der Waals surface area contributed by atoms with Crippen LogP contribution in [0.1, 0.15) is 42.8 Å². The van der Waals surface area contributed by atoms with Crippen LogP contribution in [0.25, 0.3) is 0 Å². The zero-order valence-electron chi connectivity index (χ0n) is 16.8. The Bertz CT molecular complexity index is 931. The number of hydrogen-bond donors (Lipinski definition) is 0. The number of rotatable bonds is 7. The third-order valence-corrected chi connectivity index (χ3v) is 6.45. The van der Waals surface area contributed by atoms with E-state index in [1.165, 1.54) is 11.8 Å². The minimum Gasteiger partial charge on any atom is -0.467 e. The molecule has 29 heavy (non-hydrogen) atoms. The van der Waals surface area contributed by atoms with Crippen LogP contribution in [0.15, 0.2) is 58.3 Å². The second-order valence-electron chi connectivity index (χ2n) is 7.61. The lowest BCUT2D eigenvalue weighted by Gasteiger charge is -2.31. The number of nitrogens with zero attached hydrogens (tertiary/aromatic N) is 4. The second-order valence-corrected chi connectivity index (χ2v) is 8.92. The highest BCUT2D eigenvalue weighted by Gasteiger charge is 2.26. The van der Waals surface area contributed by atoms with Gasteiger partial charge < -0.3 is 9.32 Å². The predicted octanol–water partition coefficient (Wildman–Crippen LogP) is 4.52. The van der Waals surface area contributed by atoms with Crippen LogP contribution in [-0.2, 0) is 6.54 Å². The molecule has 2 aromatic heterocycles. The van der Waals surface area contributed by atoms with Crippen LogP contribution in [0.5, 0.6) is 0 Å². The van der Waals surface area contributed by atoms with Crippen molar-refractivity contribution in [2.75, 3.05) is 18.0 Å². The molecule has 1 aliphatic heterocycles. The summed E-state index contributed by atoms with van der Waals surface area (Å²) in [5.74, 6) is 2.54. The Morgan fingerprint density at radius 2 is 1.93 bits per heavy atom. The maximum Gasteiger partial charge on any atom is 0.228 e. The molecule has 0 bridgehead atoms. The van der Waals surface area contributed by atoms with E-state index in [0.717, 1.165) is 54.3 Å². The normalized spacial score (nSPS) is 16.1. The van der Waals surface area contributed by atoms with Gasteiger partial charge in [-0.1, -0.05) is 49.0 Å². The number of thioether (sulfide) groups is 1. The number of ketones is 1. The van der Waals surface area contributed by atoms with Crippen molar-refractivity contribution in [3.05, 3.63) is 60.1 Å². The Morgan fingerprint density at radius 1 is 1.17 bits per heavy atom. The molecule has 152 valence electrons. The maximum absolute atomic E-state index is 12.8. The summed E-state index contributed by atoms with van der Waals surface area (Å²) < 4.78 is 7.65. The lowest BCUT2D eigenvalue weighted by atomic mass is 10.00. The lowest BCUT2D eigenvalue weighted by molar-refractivity contribution is 0.0994. The van der Waals surface area contributed by atoms with E-state index >= 15 is 0 Å². The maximum atomic E-state index is 12.8. The Kier molecular flexibility index (Phi) is 6.04. The van der Waals surface area contributed by atoms with E-state index in [2.05, 4.69) is 26.6 Å². The molecule has 1 unspecified atom stereocenters. The van der Waals surface area contributed by atoms with E-state index in [4.69, 9.17) is 4.42 Å². The summed E-state index contributed by atoms with van der Waals surface area (Å²) in [5.41, 5.74) is 0.717. The number of Topliss-reactive ketones (excluding diaryl/α,β-unsaturated/α-hetero) is 1. The molecule has 0 radical (unpaired) electrons. The van der Waals surface area contributed by atoms with E-state index in [1.807, 2.05) is 49.4 Å². The second kappa shape index (κ2) is 8.86. The van der Waals surface area contributed by atoms with Crippen molar-refractivity contribution in [1.29, 1.82) is 0 Å². The molecule has 0 N–H and O–H groups in total. The minimum atomic E-state index is -0.258.